The molecular weight excluding hydrogens is 410 g/mol. The summed E-state index contributed by atoms with van der Waals surface area (Å²) in [6, 6.07) is 0. The van der Waals surface area contributed by atoms with E-state index >= 15 is 0 Å². The molecule has 2 unspecified atom stereocenters. The molecule has 2 saturated carbocycles. The summed E-state index contributed by atoms with van der Waals surface area (Å²) in [6.07, 6.45) is 10.5. The highest BCUT2D eigenvalue weighted by molar-refractivity contribution is 5.47. The number of rotatable bonds is 5. The Morgan fingerprint density at radius 1 is 1.22 bits per heavy atom. The van der Waals surface area contributed by atoms with Crippen LogP contribution in [0, 0.1) is 11.8 Å². The van der Waals surface area contributed by atoms with Gasteiger partial charge in [0.25, 0.3) is 5.92 Å². The molecule has 6 heteroatoms. The number of aliphatic hydroxyl groups excluding tert-OH is 2. The molecule has 0 bridgehead atoms. The van der Waals surface area contributed by atoms with E-state index in [2.05, 4.69) is 16.8 Å². The molecule has 0 aromatic carbocycles. The van der Waals surface area contributed by atoms with E-state index in [1.807, 2.05) is 6.08 Å². The van der Waals surface area contributed by atoms with Crippen molar-refractivity contribution in [2.24, 2.45) is 11.8 Å². The van der Waals surface area contributed by atoms with Crippen LogP contribution in [0.25, 0.3) is 0 Å². The van der Waals surface area contributed by atoms with Crippen molar-refractivity contribution >= 4 is 0 Å². The molecule has 5 rings (SSSR count). The Kier molecular flexibility index (Phi) is 5.62. The number of allylic oxidation sites excluding steroid dienone is 5. The molecule has 3 N–H and O–H groups in total. The number of hydrogen-bond acceptors (Lipinski definition) is 4. The third-order valence-electron chi connectivity index (χ3n) is 8.45. The van der Waals surface area contributed by atoms with Gasteiger partial charge in [0.15, 0.2) is 0 Å². The molecule has 32 heavy (non-hydrogen) atoms. The summed E-state index contributed by atoms with van der Waals surface area (Å²) in [4.78, 5) is 2.42. The van der Waals surface area contributed by atoms with Crippen LogP contribution in [-0.4, -0.2) is 52.0 Å². The lowest BCUT2D eigenvalue weighted by molar-refractivity contribution is 0.0770. The third kappa shape index (κ3) is 3.99. The number of nitrogens with one attached hydrogen (secondary N) is 1. The Morgan fingerprint density at radius 2 is 1.94 bits per heavy atom. The van der Waals surface area contributed by atoms with Crippen molar-refractivity contribution in [2.45, 2.75) is 88.5 Å². The Labute approximate surface area is 189 Å². The second-order valence-electron chi connectivity index (χ2n) is 10.8. The fourth-order valence-electron chi connectivity index (χ4n) is 6.20. The second-order valence-corrected chi connectivity index (χ2v) is 10.8. The van der Waals surface area contributed by atoms with Gasteiger partial charge in [0.1, 0.15) is 6.23 Å². The number of halogens is 2. The molecule has 0 aromatic rings. The lowest BCUT2D eigenvalue weighted by Crippen LogP contribution is -2.45. The van der Waals surface area contributed by atoms with E-state index in [0.717, 1.165) is 74.9 Å². The number of fused-ring (bicyclic) bond motifs is 2. The predicted octanol–water partition coefficient (Wildman–Crippen LogP) is 4.43. The molecule has 0 saturated heterocycles. The van der Waals surface area contributed by atoms with E-state index in [0.29, 0.717) is 12.3 Å². The first kappa shape index (κ1) is 22.3. The zero-order chi connectivity index (χ0) is 22.7. The molecule has 1 heterocycles. The number of hydrogen-bond donors (Lipinski definition) is 3. The van der Waals surface area contributed by atoms with Crippen LogP contribution in [-0.2, 0) is 0 Å². The highest BCUT2D eigenvalue weighted by Crippen LogP contribution is 2.51. The van der Waals surface area contributed by atoms with Gasteiger partial charge in [-0.1, -0.05) is 24.3 Å². The first-order chi connectivity index (χ1) is 15.2. The fourth-order valence-corrected chi connectivity index (χ4v) is 6.20. The van der Waals surface area contributed by atoms with Crippen molar-refractivity contribution in [3.05, 3.63) is 46.7 Å². The molecule has 2 atom stereocenters. The predicted molar refractivity (Wildman–Crippen MR) is 121 cm³/mol. The van der Waals surface area contributed by atoms with Gasteiger partial charge in [0, 0.05) is 35.8 Å². The molecule has 1 spiro atoms. The maximum atomic E-state index is 14.8. The first-order valence-electron chi connectivity index (χ1n) is 12.2. The van der Waals surface area contributed by atoms with Crippen molar-refractivity contribution in [3.8, 4) is 0 Å². The molecule has 4 nitrogen and oxygen atoms in total. The number of aliphatic hydroxyl groups is 2. The summed E-state index contributed by atoms with van der Waals surface area (Å²) < 4.78 is 29.6. The van der Waals surface area contributed by atoms with Gasteiger partial charge in [-0.25, -0.2) is 0 Å². The fraction of sp³-hybridized carbons (Fsp3) is 0.692. The quantitative estimate of drug-likeness (QED) is 0.547. The Morgan fingerprint density at radius 3 is 2.59 bits per heavy atom. The maximum Gasteiger partial charge on any atom is 0.290 e. The van der Waals surface area contributed by atoms with Crippen molar-refractivity contribution in [1.29, 1.82) is 0 Å². The van der Waals surface area contributed by atoms with Gasteiger partial charge in [-0.3, -0.25) is 5.32 Å². The summed E-state index contributed by atoms with van der Waals surface area (Å²) in [5.41, 5.74) is 3.14. The van der Waals surface area contributed by atoms with Crippen LogP contribution in [0.15, 0.2) is 46.7 Å². The van der Waals surface area contributed by atoms with Gasteiger partial charge in [0.05, 0.1) is 6.10 Å². The molecule has 176 valence electrons. The van der Waals surface area contributed by atoms with E-state index in [-0.39, 0.29) is 35.1 Å². The minimum absolute atomic E-state index is 0.0502. The summed E-state index contributed by atoms with van der Waals surface area (Å²) in [7, 11) is 0. The Bertz CT molecular complexity index is 878. The third-order valence-corrected chi connectivity index (χ3v) is 8.45. The van der Waals surface area contributed by atoms with Crippen LogP contribution in [0.5, 0.6) is 0 Å². The second kappa shape index (κ2) is 8.07. The highest BCUT2D eigenvalue weighted by Gasteiger charge is 2.51. The standard InChI is InChI=1S/C26H36F2N2O2/c1-16(2)26(27,28)19-6-5-18-13-22-23(21(18)14-19)30(15-25(10-11-25)29-24(22)32)12-9-17-3-7-20(31)8-4-17/h5-6,17,20-21,24,29,31-32H,1,3-4,7-15H2,2H3. The molecule has 0 aromatic heterocycles. The van der Waals surface area contributed by atoms with E-state index in [1.165, 1.54) is 6.92 Å². The molecule has 5 aliphatic rings. The Balaban J connectivity index is 1.39. The topological polar surface area (TPSA) is 55.7 Å². The van der Waals surface area contributed by atoms with Crippen LogP contribution in [0.4, 0.5) is 8.78 Å². The van der Waals surface area contributed by atoms with Gasteiger partial charge in [-0.05, 0) is 81.8 Å². The van der Waals surface area contributed by atoms with Crippen molar-refractivity contribution in [1.82, 2.24) is 10.2 Å². The number of nitrogens with zero attached hydrogens (tertiary/aromatic N) is 1. The smallest absolute Gasteiger partial charge is 0.290 e. The minimum Gasteiger partial charge on any atom is -0.393 e. The minimum atomic E-state index is -3.00. The molecule has 0 radical (unpaired) electrons. The summed E-state index contributed by atoms with van der Waals surface area (Å²) in [5, 5.41) is 24.3. The van der Waals surface area contributed by atoms with E-state index in [9.17, 15) is 19.0 Å². The molecule has 1 aliphatic heterocycles. The van der Waals surface area contributed by atoms with Crippen molar-refractivity contribution < 1.29 is 19.0 Å². The van der Waals surface area contributed by atoms with Crippen LogP contribution >= 0.6 is 0 Å². The normalized spacial score (nSPS) is 34.0. The molecule has 0 amide bonds. The van der Waals surface area contributed by atoms with Gasteiger partial charge >= 0.3 is 0 Å². The average Bonchev–Trinajstić information content (AvgIpc) is 3.41. The van der Waals surface area contributed by atoms with Gasteiger partial charge in [-0.15, -0.1) is 0 Å². The molecule has 2 fully saturated rings. The lowest BCUT2D eigenvalue weighted by Gasteiger charge is -2.36. The molecule has 4 aliphatic carbocycles. The van der Waals surface area contributed by atoms with E-state index in [1.54, 1.807) is 6.08 Å². The van der Waals surface area contributed by atoms with Crippen LogP contribution in [0.3, 0.4) is 0 Å². The van der Waals surface area contributed by atoms with Crippen LogP contribution in [0.1, 0.15) is 64.7 Å². The SMILES string of the molecule is C=C(C)C(F)(F)C1=CC=C2CC3=C(C2C1)N(CCC1CCC(O)CC1)CC1(CC1)NC3O. The summed E-state index contributed by atoms with van der Waals surface area (Å²) >= 11 is 0. The monoisotopic (exact) mass is 446 g/mol. The number of alkyl halides is 2. The first-order valence-corrected chi connectivity index (χ1v) is 12.2. The average molecular weight is 447 g/mol. The lowest BCUT2D eigenvalue weighted by atomic mass is 9.83. The zero-order valence-corrected chi connectivity index (χ0v) is 19.0. The van der Waals surface area contributed by atoms with Gasteiger partial charge < -0.3 is 15.1 Å². The summed E-state index contributed by atoms with van der Waals surface area (Å²) in [6.45, 7) is 6.63. The highest BCUT2D eigenvalue weighted by atomic mass is 19.3. The Hall–Kier alpha value is -1.50. The van der Waals surface area contributed by atoms with Crippen molar-refractivity contribution in [2.75, 3.05) is 13.1 Å². The van der Waals surface area contributed by atoms with Crippen LogP contribution in [0.2, 0.25) is 0 Å². The summed E-state index contributed by atoms with van der Waals surface area (Å²) in [5.74, 6) is -2.49. The van der Waals surface area contributed by atoms with E-state index in [4.69, 9.17) is 0 Å². The van der Waals surface area contributed by atoms with Gasteiger partial charge in [-0.2, -0.15) is 8.78 Å². The van der Waals surface area contributed by atoms with Gasteiger partial charge in [0.2, 0.25) is 0 Å². The maximum absolute atomic E-state index is 14.8. The zero-order valence-electron chi connectivity index (χ0n) is 19.0. The molecular formula is C26H36F2N2O2. The van der Waals surface area contributed by atoms with Crippen LogP contribution < -0.4 is 5.32 Å². The largest absolute Gasteiger partial charge is 0.393 e. The van der Waals surface area contributed by atoms with Crippen molar-refractivity contribution in [3.63, 3.8) is 0 Å². The van der Waals surface area contributed by atoms with E-state index < -0.39 is 12.2 Å².